The van der Waals surface area contributed by atoms with Crippen molar-refractivity contribution < 1.29 is 9.53 Å². The van der Waals surface area contributed by atoms with Crippen molar-refractivity contribution in [2.24, 2.45) is 5.92 Å². The SMILES string of the molecule is CC(C)OCCCNC(=O)C1CCN(Cc2ccc(Br)cc2)CC1. The highest BCUT2D eigenvalue weighted by Crippen LogP contribution is 2.20. The molecule has 1 fully saturated rings. The molecular formula is C19H29BrN2O2. The Balaban J connectivity index is 1.63. The molecule has 5 heteroatoms. The van der Waals surface area contributed by atoms with Gasteiger partial charge in [0.25, 0.3) is 0 Å². The molecule has 1 saturated heterocycles. The normalized spacial score (nSPS) is 16.5. The second-order valence-electron chi connectivity index (χ2n) is 6.74. The van der Waals surface area contributed by atoms with E-state index in [1.807, 2.05) is 13.8 Å². The molecule has 0 saturated carbocycles. The molecule has 1 aliphatic heterocycles. The van der Waals surface area contributed by atoms with Gasteiger partial charge >= 0.3 is 0 Å². The van der Waals surface area contributed by atoms with Crippen molar-refractivity contribution >= 4 is 21.8 Å². The molecule has 0 bridgehead atoms. The van der Waals surface area contributed by atoms with Gasteiger partial charge < -0.3 is 10.1 Å². The second-order valence-corrected chi connectivity index (χ2v) is 7.66. The molecule has 0 aliphatic carbocycles. The summed E-state index contributed by atoms with van der Waals surface area (Å²) >= 11 is 3.47. The van der Waals surface area contributed by atoms with Crippen LogP contribution in [-0.2, 0) is 16.1 Å². The monoisotopic (exact) mass is 396 g/mol. The number of carbonyl (C=O) groups is 1. The zero-order chi connectivity index (χ0) is 17.4. The van der Waals surface area contributed by atoms with Crippen molar-refractivity contribution in [3.05, 3.63) is 34.3 Å². The number of likely N-dealkylation sites (tertiary alicyclic amines) is 1. The number of halogens is 1. The second kappa shape index (κ2) is 10.2. The predicted octanol–water partition coefficient (Wildman–Crippen LogP) is 3.59. The van der Waals surface area contributed by atoms with E-state index in [1.165, 1.54) is 5.56 Å². The third kappa shape index (κ3) is 6.91. The summed E-state index contributed by atoms with van der Waals surface area (Å²) in [6, 6.07) is 8.47. The molecular weight excluding hydrogens is 368 g/mol. The Labute approximate surface area is 154 Å². The molecule has 1 heterocycles. The van der Waals surface area contributed by atoms with Gasteiger partial charge in [-0.05, 0) is 63.9 Å². The first kappa shape index (κ1) is 19.4. The minimum atomic E-state index is 0.164. The van der Waals surface area contributed by atoms with Crippen molar-refractivity contribution in [2.75, 3.05) is 26.2 Å². The molecule has 0 radical (unpaired) electrons. The number of carbonyl (C=O) groups excluding carboxylic acids is 1. The largest absolute Gasteiger partial charge is 0.379 e. The van der Waals surface area contributed by atoms with Crippen LogP contribution in [0.25, 0.3) is 0 Å². The highest BCUT2D eigenvalue weighted by molar-refractivity contribution is 9.10. The van der Waals surface area contributed by atoms with E-state index in [-0.39, 0.29) is 17.9 Å². The summed E-state index contributed by atoms with van der Waals surface area (Å²) < 4.78 is 6.60. The van der Waals surface area contributed by atoms with Gasteiger partial charge in [-0.3, -0.25) is 9.69 Å². The quantitative estimate of drug-likeness (QED) is 0.682. The van der Waals surface area contributed by atoms with Crippen molar-refractivity contribution in [1.29, 1.82) is 0 Å². The van der Waals surface area contributed by atoms with Crippen molar-refractivity contribution in [3.63, 3.8) is 0 Å². The lowest BCUT2D eigenvalue weighted by atomic mass is 9.95. The van der Waals surface area contributed by atoms with E-state index >= 15 is 0 Å². The lowest BCUT2D eigenvalue weighted by Crippen LogP contribution is -2.40. The lowest BCUT2D eigenvalue weighted by molar-refractivity contribution is -0.126. The number of benzene rings is 1. The van der Waals surface area contributed by atoms with Crippen LogP contribution in [-0.4, -0.2) is 43.2 Å². The van der Waals surface area contributed by atoms with Crippen LogP contribution in [0.4, 0.5) is 0 Å². The highest BCUT2D eigenvalue weighted by atomic mass is 79.9. The number of hydrogen-bond acceptors (Lipinski definition) is 3. The molecule has 1 aromatic rings. The molecule has 0 spiro atoms. The summed E-state index contributed by atoms with van der Waals surface area (Å²) in [4.78, 5) is 14.7. The van der Waals surface area contributed by atoms with E-state index in [4.69, 9.17) is 4.74 Å². The molecule has 1 aromatic carbocycles. The third-order valence-corrected chi connectivity index (χ3v) is 4.88. The molecule has 24 heavy (non-hydrogen) atoms. The van der Waals surface area contributed by atoms with E-state index in [2.05, 4.69) is 50.4 Å². The van der Waals surface area contributed by atoms with E-state index in [1.54, 1.807) is 0 Å². The van der Waals surface area contributed by atoms with Crippen molar-refractivity contribution in [2.45, 2.75) is 45.8 Å². The maximum atomic E-state index is 12.2. The molecule has 0 unspecified atom stereocenters. The average molecular weight is 397 g/mol. The van der Waals surface area contributed by atoms with Crippen LogP contribution in [0.2, 0.25) is 0 Å². The van der Waals surface area contributed by atoms with Crippen LogP contribution in [0.3, 0.4) is 0 Å². The van der Waals surface area contributed by atoms with E-state index in [0.29, 0.717) is 13.2 Å². The number of ether oxygens (including phenoxy) is 1. The fourth-order valence-corrected chi connectivity index (χ4v) is 3.21. The molecule has 134 valence electrons. The van der Waals surface area contributed by atoms with Crippen molar-refractivity contribution in [1.82, 2.24) is 10.2 Å². The third-order valence-electron chi connectivity index (χ3n) is 4.35. The van der Waals surface area contributed by atoms with Crippen LogP contribution < -0.4 is 5.32 Å². The highest BCUT2D eigenvalue weighted by Gasteiger charge is 2.24. The van der Waals surface area contributed by atoms with Gasteiger partial charge in [0, 0.05) is 30.1 Å². The standard InChI is InChI=1S/C19H29BrN2O2/c1-15(2)24-13-3-10-21-19(23)17-8-11-22(12-9-17)14-16-4-6-18(20)7-5-16/h4-7,15,17H,3,8-14H2,1-2H3,(H,21,23). The summed E-state index contributed by atoms with van der Waals surface area (Å²) in [5.74, 6) is 0.375. The Bertz CT molecular complexity index is 497. The van der Waals surface area contributed by atoms with Gasteiger partial charge in [-0.2, -0.15) is 0 Å². The Kier molecular flexibility index (Phi) is 8.22. The summed E-state index contributed by atoms with van der Waals surface area (Å²) in [6.45, 7) is 8.43. The Morgan fingerprint density at radius 3 is 2.58 bits per heavy atom. The molecule has 4 nitrogen and oxygen atoms in total. The zero-order valence-electron chi connectivity index (χ0n) is 14.8. The van der Waals surface area contributed by atoms with Gasteiger partial charge in [0.2, 0.25) is 5.91 Å². The number of nitrogens with zero attached hydrogens (tertiary/aromatic N) is 1. The minimum absolute atomic E-state index is 0.164. The van der Waals surface area contributed by atoms with Gasteiger partial charge in [0.15, 0.2) is 0 Å². The molecule has 1 amide bonds. The van der Waals surface area contributed by atoms with Gasteiger partial charge in [-0.15, -0.1) is 0 Å². The van der Waals surface area contributed by atoms with Gasteiger partial charge in [0.05, 0.1) is 6.10 Å². The van der Waals surface area contributed by atoms with Gasteiger partial charge in [-0.1, -0.05) is 28.1 Å². The summed E-state index contributed by atoms with van der Waals surface area (Å²) in [7, 11) is 0. The Morgan fingerprint density at radius 1 is 1.29 bits per heavy atom. The minimum Gasteiger partial charge on any atom is -0.379 e. The molecule has 0 aromatic heterocycles. The lowest BCUT2D eigenvalue weighted by Gasteiger charge is -2.31. The van der Waals surface area contributed by atoms with Crippen molar-refractivity contribution in [3.8, 4) is 0 Å². The molecule has 2 rings (SSSR count). The smallest absolute Gasteiger partial charge is 0.223 e. The fraction of sp³-hybridized carbons (Fsp3) is 0.632. The first-order valence-corrected chi connectivity index (χ1v) is 9.70. The first-order valence-electron chi connectivity index (χ1n) is 8.90. The van der Waals surface area contributed by atoms with Gasteiger partial charge in [-0.25, -0.2) is 0 Å². The summed E-state index contributed by atoms with van der Waals surface area (Å²) in [5, 5.41) is 3.05. The summed E-state index contributed by atoms with van der Waals surface area (Å²) in [5.41, 5.74) is 1.33. The van der Waals surface area contributed by atoms with Crippen LogP contribution >= 0.6 is 15.9 Å². The van der Waals surface area contributed by atoms with Gasteiger partial charge in [0.1, 0.15) is 0 Å². The van der Waals surface area contributed by atoms with Crippen LogP contribution in [0.15, 0.2) is 28.7 Å². The number of piperidine rings is 1. The number of hydrogen-bond donors (Lipinski definition) is 1. The fourth-order valence-electron chi connectivity index (χ4n) is 2.95. The first-order chi connectivity index (χ1) is 11.5. The molecule has 0 atom stereocenters. The van der Waals surface area contributed by atoms with Crippen LogP contribution in [0.5, 0.6) is 0 Å². The van der Waals surface area contributed by atoms with Crippen LogP contribution in [0, 0.1) is 5.92 Å². The zero-order valence-corrected chi connectivity index (χ0v) is 16.3. The number of nitrogens with one attached hydrogen (secondary N) is 1. The number of rotatable bonds is 8. The van der Waals surface area contributed by atoms with E-state index in [9.17, 15) is 4.79 Å². The van der Waals surface area contributed by atoms with Crippen LogP contribution in [0.1, 0.15) is 38.7 Å². The predicted molar refractivity (Wildman–Crippen MR) is 101 cm³/mol. The average Bonchev–Trinajstić information content (AvgIpc) is 2.57. The Morgan fingerprint density at radius 2 is 1.96 bits per heavy atom. The summed E-state index contributed by atoms with van der Waals surface area (Å²) in [6.07, 6.45) is 3.04. The molecule has 1 N–H and O–H groups in total. The maximum Gasteiger partial charge on any atom is 0.223 e. The molecule has 1 aliphatic rings. The maximum absolute atomic E-state index is 12.2. The topological polar surface area (TPSA) is 41.6 Å². The Hall–Kier alpha value is -0.910. The van der Waals surface area contributed by atoms with E-state index < -0.39 is 0 Å². The van der Waals surface area contributed by atoms with E-state index in [0.717, 1.165) is 43.4 Å². The number of amides is 1.